The molecule has 1 N–H and O–H groups in total. The van der Waals surface area contributed by atoms with Crippen molar-refractivity contribution in [3.05, 3.63) is 84.2 Å². The van der Waals surface area contributed by atoms with Crippen molar-refractivity contribution in [1.29, 1.82) is 0 Å². The summed E-state index contributed by atoms with van der Waals surface area (Å²) >= 11 is 0. The number of fused-ring (bicyclic) bond motifs is 1. The highest BCUT2D eigenvalue weighted by Gasteiger charge is 2.33. The highest BCUT2D eigenvalue weighted by Crippen LogP contribution is 2.40. The molecule has 0 fully saturated rings. The van der Waals surface area contributed by atoms with E-state index in [2.05, 4.69) is 32.2 Å². The van der Waals surface area contributed by atoms with E-state index in [1.165, 1.54) is 0 Å². The number of hydrogen-bond acceptors (Lipinski definition) is 7. The second-order valence-electron chi connectivity index (χ2n) is 8.10. The SMILES string of the molecule is C=CCOc1ccc([C@H]2CC(=O)Nc3c2c(C)nn3-c2nncc(-c3ccc(OC)cc3)n2)cc1. The minimum atomic E-state index is -0.154. The zero-order chi connectivity index (χ0) is 24.4. The molecule has 0 aliphatic carbocycles. The molecule has 0 unspecified atom stereocenters. The minimum absolute atomic E-state index is 0.102. The highest BCUT2D eigenvalue weighted by molar-refractivity contribution is 5.95. The van der Waals surface area contributed by atoms with Gasteiger partial charge in [0.05, 0.1) is 24.7 Å². The molecule has 4 aromatic rings. The number of amides is 1. The van der Waals surface area contributed by atoms with Gasteiger partial charge < -0.3 is 14.8 Å². The largest absolute Gasteiger partial charge is 0.497 e. The number of ether oxygens (including phenoxy) is 2. The zero-order valence-corrected chi connectivity index (χ0v) is 19.4. The number of aryl methyl sites for hydroxylation is 1. The molecule has 9 heteroatoms. The molecule has 0 radical (unpaired) electrons. The van der Waals surface area contributed by atoms with Crippen LogP contribution in [0.15, 0.2) is 67.4 Å². The maximum absolute atomic E-state index is 12.7. The van der Waals surface area contributed by atoms with Gasteiger partial charge in [-0.3, -0.25) is 4.79 Å². The first-order valence-electron chi connectivity index (χ1n) is 11.1. The predicted octanol–water partition coefficient (Wildman–Crippen LogP) is 4.08. The molecule has 0 saturated heterocycles. The van der Waals surface area contributed by atoms with Crippen LogP contribution in [0, 0.1) is 6.92 Å². The summed E-state index contributed by atoms with van der Waals surface area (Å²) < 4.78 is 12.4. The van der Waals surface area contributed by atoms with E-state index in [0.29, 0.717) is 24.5 Å². The fourth-order valence-corrected chi connectivity index (χ4v) is 4.21. The quantitative estimate of drug-likeness (QED) is 0.408. The topological polar surface area (TPSA) is 104 Å². The zero-order valence-electron chi connectivity index (χ0n) is 19.4. The summed E-state index contributed by atoms with van der Waals surface area (Å²) in [7, 11) is 1.62. The summed E-state index contributed by atoms with van der Waals surface area (Å²) in [6.45, 7) is 6.02. The van der Waals surface area contributed by atoms with Crippen molar-refractivity contribution in [3.8, 4) is 28.7 Å². The van der Waals surface area contributed by atoms with Gasteiger partial charge in [-0.1, -0.05) is 24.8 Å². The Hall–Kier alpha value is -4.53. The van der Waals surface area contributed by atoms with E-state index < -0.39 is 0 Å². The van der Waals surface area contributed by atoms with Crippen molar-refractivity contribution in [2.24, 2.45) is 0 Å². The molecule has 0 saturated carbocycles. The first-order valence-corrected chi connectivity index (χ1v) is 11.1. The molecular formula is C26H24N6O3. The molecule has 1 aliphatic heterocycles. The number of nitrogens with one attached hydrogen (secondary N) is 1. The van der Waals surface area contributed by atoms with Gasteiger partial charge in [-0.2, -0.15) is 14.9 Å². The van der Waals surface area contributed by atoms with Crippen molar-refractivity contribution < 1.29 is 14.3 Å². The van der Waals surface area contributed by atoms with Crippen molar-refractivity contribution in [2.45, 2.75) is 19.3 Å². The maximum Gasteiger partial charge on any atom is 0.272 e. The molecule has 3 heterocycles. The monoisotopic (exact) mass is 468 g/mol. The van der Waals surface area contributed by atoms with E-state index in [4.69, 9.17) is 9.47 Å². The molecule has 9 nitrogen and oxygen atoms in total. The van der Waals surface area contributed by atoms with Gasteiger partial charge in [0.2, 0.25) is 5.91 Å². The molecule has 1 amide bonds. The molecule has 0 bridgehead atoms. The Kier molecular flexibility index (Phi) is 5.97. The number of aromatic nitrogens is 5. The van der Waals surface area contributed by atoms with Crippen LogP contribution in [0.1, 0.15) is 29.2 Å². The van der Waals surface area contributed by atoms with Gasteiger partial charge in [0.15, 0.2) is 0 Å². The first kappa shape index (κ1) is 22.3. The van der Waals surface area contributed by atoms with E-state index in [9.17, 15) is 4.79 Å². The second-order valence-corrected chi connectivity index (χ2v) is 8.10. The summed E-state index contributed by atoms with van der Waals surface area (Å²) in [5.41, 5.74) is 4.22. The third-order valence-corrected chi connectivity index (χ3v) is 5.88. The highest BCUT2D eigenvalue weighted by atomic mass is 16.5. The summed E-state index contributed by atoms with van der Waals surface area (Å²) in [5.74, 6) is 2.08. The Morgan fingerprint density at radius 1 is 1.14 bits per heavy atom. The van der Waals surface area contributed by atoms with Gasteiger partial charge in [0.25, 0.3) is 5.95 Å². The lowest BCUT2D eigenvalue weighted by molar-refractivity contribution is -0.116. The lowest BCUT2D eigenvalue weighted by atomic mass is 9.86. The van der Waals surface area contributed by atoms with E-state index in [-0.39, 0.29) is 17.8 Å². The van der Waals surface area contributed by atoms with E-state index in [1.807, 2.05) is 55.5 Å². The summed E-state index contributed by atoms with van der Waals surface area (Å²) in [6, 6.07) is 15.3. The number of nitrogens with zero attached hydrogens (tertiary/aromatic N) is 5. The van der Waals surface area contributed by atoms with Gasteiger partial charge in [-0.05, 0) is 48.9 Å². The van der Waals surface area contributed by atoms with Crippen molar-refractivity contribution in [3.63, 3.8) is 0 Å². The standard InChI is InChI=1S/C26H24N6O3/c1-4-13-35-20-11-5-17(6-12-20)21-14-23(33)29-25-24(21)16(2)31-32(25)26-28-22(15-27-30-26)18-7-9-19(34-3)10-8-18/h4-12,15,21H,1,13-14H2,2-3H3,(H,29,33)/t21-/m1/s1. The fraction of sp³-hybridized carbons (Fsp3) is 0.192. The van der Waals surface area contributed by atoms with Crippen molar-refractivity contribution >= 4 is 11.7 Å². The van der Waals surface area contributed by atoms with E-state index >= 15 is 0 Å². The Balaban J connectivity index is 1.52. The number of hydrogen-bond donors (Lipinski definition) is 1. The van der Waals surface area contributed by atoms with Crippen LogP contribution >= 0.6 is 0 Å². The average molecular weight is 469 g/mol. The molecule has 1 aliphatic rings. The molecule has 1 atom stereocenters. The van der Waals surface area contributed by atoms with Gasteiger partial charge in [0.1, 0.15) is 23.9 Å². The smallest absolute Gasteiger partial charge is 0.272 e. The number of anilines is 1. The van der Waals surface area contributed by atoms with E-state index in [0.717, 1.165) is 33.9 Å². The maximum atomic E-state index is 12.7. The van der Waals surface area contributed by atoms with E-state index in [1.54, 1.807) is 24.1 Å². The average Bonchev–Trinajstić information content (AvgIpc) is 3.23. The molecule has 0 spiro atoms. The van der Waals surface area contributed by atoms with Crippen LogP contribution < -0.4 is 14.8 Å². The normalized spacial score (nSPS) is 14.7. The molecular weight excluding hydrogens is 444 g/mol. The van der Waals surface area contributed by atoms with Crippen molar-refractivity contribution in [1.82, 2.24) is 25.0 Å². The van der Waals surface area contributed by atoms with Gasteiger partial charge in [-0.25, -0.2) is 4.98 Å². The van der Waals surface area contributed by atoms with Gasteiger partial charge in [0, 0.05) is 23.5 Å². The van der Waals surface area contributed by atoms with Crippen LogP contribution in [0.5, 0.6) is 11.5 Å². The van der Waals surface area contributed by atoms with Gasteiger partial charge >= 0.3 is 0 Å². The summed E-state index contributed by atoms with van der Waals surface area (Å²) in [4.78, 5) is 17.4. The Bertz CT molecular complexity index is 1380. The van der Waals surface area contributed by atoms with Crippen LogP contribution in [0.2, 0.25) is 0 Å². The summed E-state index contributed by atoms with van der Waals surface area (Å²) in [6.07, 6.45) is 3.60. The Morgan fingerprint density at radius 2 is 1.89 bits per heavy atom. The second kappa shape index (κ2) is 9.38. The van der Waals surface area contributed by atoms with Crippen molar-refractivity contribution in [2.75, 3.05) is 19.0 Å². The number of carbonyl (C=O) groups excluding carboxylic acids is 1. The molecule has 2 aromatic heterocycles. The number of methoxy groups -OCH3 is 1. The minimum Gasteiger partial charge on any atom is -0.497 e. The Morgan fingerprint density at radius 3 is 2.60 bits per heavy atom. The lowest BCUT2D eigenvalue weighted by Gasteiger charge is -2.24. The first-order chi connectivity index (χ1) is 17.1. The molecule has 5 rings (SSSR count). The molecule has 2 aromatic carbocycles. The lowest BCUT2D eigenvalue weighted by Crippen LogP contribution is -2.25. The third-order valence-electron chi connectivity index (χ3n) is 5.88. The van der Waals surface area contributed by atoms with Crippen LogP contribution in [-0.2, 0) is 4.79 Å². The van der Waals surface area contributed by atoms with Crippen LogP contribution in [0.3, 0.4) is 0 Å². The molecule has 35 heavy (non-hydrogen) atoms. The van der Waals surface area contributed by atoms with Gasteiger partial charge in [-0.15, -0.1) is 5.10 Å². The third kappa shape index (κ3) is 4.35. The van der Waals surface area contributed by atoms with Crippen LogP contribution in [0.25, 0.3) is 17.2 Å². The number of rotatable bonds is 7. The number of carbonyl (C=O) groups is 1. The van der Waals surface area contributed by atoms with Crippen LogP contribution in [0.4, 0.5) is 5.82 Å². The fourth-order valence-electron chi connectivity index (χ4n) is 4.21. The predicted molar refractivity (Wildman–Crippen MR) is 131 cm³/mol. The number of benzene rings is 2. The Labute approximate surface area is 202 Å². The summed E-state index contributed by atoms with van der Waals surface area (Å²) in [5, 5.41) is 16.0. The van der Waals surface area contributed by atoms with Crippen LogP contribution in [-0.4, -0.2) is 44.6 Å². The molecule has 176 valence electrons.